The van der Waals surface area contributed by atoms with Gasteiger partial charge >= 0.3 is 0 Å². The Morgan fingerprint density at radius 2 is 2.12 bits per heavy atom. The zero-order chi connectivity index (χ0) is 18.0. The summed E-state index contributed by atoms with van der Waals surface area (Å²) >= 11 is 2.97. The van der Waals surface area contributed by atoms with Gasteiger partial charge in [0.1, 0.15) is 0 Å². The third kappa shape index (κ3) is 4.19. The molecule has 0 radical (unpaired) electrons. The van der Waals surface area contributed by atoms with E-state index in [2.05, 4.69) is 29.4 Å². The molecule has 1 saturated heterocycles. The van der Waals surface area contributed by atoms with Crippen LogP contribution in [0.4, 0.5) is 10.8 Å². The summed E-state index contributed by atoms with van der Waals surface area (Å²) in [6, 6.07) is 7.71. The Morgan fingerprint density at radius 1 is 1.36 bits per heavy atom. The van der Waals surface area contributed by atoms with Gasteiger partial charge in [-0.2, -0.15) is 0 Å². The first-order valence-corrected chi connectivity index (χ1v) is 9.80. The van der Waals surface area contributed by atoms with E-state index in [4.69, 9.17) is 0 Å². The quantitative estimate of drug-likeness (QED) is 0.640. The second-order valence-electron chi connectivity index (χ2n) is 6.22. The molecule has 1 aromatic carbocycles. The standard InChI is InChI=1S/C17H20N4O2S2/c1-10(2)24-17-20-19-16(25-17)18-15(23)12-8-14(22)21(9-12)13-7-5-4-6-11(13)3/h4-7,10,12H,8-9H2,1-3H3,(H,18,19,23)/t12-/m0/s1. The van der Waals surface area contributed by atoms with Gasteiger partial charge in [0, 0.05) is 23.9 Å². The lowest BCUT2D eigenvalue weighted by molar-refractivity contribution is -0.122. The predicted octanol–water partition coefficient (Wildman–Crippen LogP) is 3.34. The normalized spacial score (nSPS) is 17.4. The largest absolute Gasteiger partial charge is 0.311 e. The molecule has 2 aromatic rings. The van der Waals surface area contributed by atoms with E-state index in [-0.39, 0.29) is 24.2 Å². The molecule has 132 valence electrons. The summed E-state index contributed by atoms with van der Waals surface area (Å²) in [6.07, 6.45) is 0.215. The van der Waals surface area contributed by atoms with Crippen LogP contribution in [0.2, 0.25) is 0 Å². The molecule has 3 rings (SSSR count). The van der Waals surface area contributed by atoms with Crippen LogP contribution in [-0.4, -0.2) is 33.8 Å². The molecule has 1 atom stereocenters. The van der Waals surface area contributed by atoms with Gasteiger partial charge in [0.25, 0.3) is 0 Å². The van der Waals surface area contributed by atoms with E-state index in [1.807, 2.05) is 31.2 Å². The highest BCUT2D eigenvalue weighted by atomic mass is 32.2. The van der Waals surface area contributed by atoms with Gasteiger partial charge in [0.2, 0.25) is 16.9 Å². The molecule has 1 aromatic heterocycles. The van der Waals surface area contributed by atoms with E-state index in [1.54, 1.807) is 16.7 Å². The molecule has 1 aliphatic heterocycles. The number of amides is 2. The van der Waals surface area contributed by atoms with Gasteiger partial charge < -0.3 is 10.2 Å². The van der Waals surface area contributed by atoms with E-state index in [9.17, 15) is 9.59 Å². The molecule has 0 spiro atoms. The monoisotopic (exact) mass is 376 g/mol. The number of rotatable bonds is 5. The summed E-state index contributed by atoms with van der Waals surface area (Å²) in [5.74, 6) is -0.582. The number of benzene rings is 1. The lowest BCUT2D eigenvalue weighted by atomic mass is 10.1. The molecule has 0 saturated carbocycles. The Hall–Kier alpha value is -1.93. The number of aromatic nitrogens is 2. The van der Waals surface area contributed by atoms with Crippen molar-refractivity contribution in [3.05, 3.63) is 29.8 Å². The topological polar surface area (TPSA) is 75.2 Å². The van der Waals surface area contributed by atoms with Crippen LogP contribution < -0.4 is 10.2 Å². The van der Waals surface area contributed by atoms with Gasteiger partial charge in [-0.1, -0.05) is 55.1 Å². The van der Waals surface area contributed by atoms with E-state index in [0.29, 0.717) is 16.9 Å². The maximum absolute atomic E-state index is 12.5. The number of anilines is 2. The van der Waals surface area contributed by atoms with E-state index >= 15 is 0 Å². The van der Waals surface area contributed by atoms with Crippen LogP contribution in [0.5, 0.6) is 0 Å². The van der Waals surface area contributed by atoms with Crippen LogP contribution in [-0.2, 0) is 9.59 Å². The first-order chi connectivity index (χ1) is 11.9. The Kier molecular flexibility index (Phi) is 5.39. The zero-order valence-corrected chi connectivity index (χ0v) is 16.0. The van der Waals surface area contributed by atoms with Crippen LogP contribution in [0.15, 0.2) is 28.6 Å². The number of thioether (sulfide) groups is 1. The smallest absolute Gasteiger partial charge is 0.231 e. The van der Waals surface area contributed by atoms with Crippen molar-refractivity contribution in [2.75, 3.05) is 16.8 Å². The van der Waals surface area contributed by atoms with Crippen molar-refractivity contribution in [1.29, 1.82) is 0 Å². The highest BCUT2D eigenvalue weighted by Crippen LogP contribution is 2.31. The van der Waals surface area contributed by atoms with Crippen molar-refractivity contribution in [3.63, 3.8) is 0 Å². The molecule has 1 fully saturated rings. The van der Waals surface area contributed by atoms with Crippen molar-refractivity contribution in [2.45, 2.75) is 36.8 Å². The third-order valence-electron chi connectivity index (χ3n) is 3.88. The summed E-state index contributed by atoms with van der Waals surface area (Å²) in [4.78, 5) is 26.5. The number of hydrogen-bond acceptors (Lipinski definition) is 6. The number of carbonyl (C=O) groups is 2. The lowest BCUT2D eigenvalue weighted by Crippen LogP contribution is -2.28. The van der Waals surface area contributed by atoms with Crippen LogP contribution >= 0.6 is 23.1 Å². The van der Waals surface area contributed by atoms with Gasteiger partial charge in [-0.05, 0) is 18.6 Å². The molecule has 0 bridgehead atoms. The Bertz CT molecular complexity index is 790. The summed E-state index contributed by atoms with van der Waals surface area (Å²) in [5, 5.41) is 11.8. The second kappa shape index (κ2) is 7.53. The van der Waals surface area contributed by atoms with Crippen molar-refractivity contribution >= 4 is 45.7 Å². The van der Waals surface area contributed by atoms with Crippen molar-refractivity contribution in [2.24, 2.45) is 5.92 Å². The fourth-order valence-electron chi connectivity index (χ4n) is 2.70. The van der Waals surface area contributed by atoms with Crippen LogP contribution in [0.3, 0.4) is 0 Å². The number of nitrogens with one attached hydrogen (secondary N) is 1. The first kappa shape index (κ1) is 17.9. The average Bonchev–Trinajstić information content (AvgIpc) is 3.14. The highest BCUT2D eigenvalue weighted by molar-refractivity contribution is 8.01. The number of para-hydroxylation sites is 1. The summed E-state index contributed by atoms with van der Waals surface area (Å²) < 4.78 is 0.828. The van der Waals surface area contributed by atoms with Crippen LogP contribution in [0, 0.1) is 12.8 Å². The number of carbonyl (C=O) groups excluding carboxylic acids is 2. The molecular weight excluding hydrogens is 356 g/mol. The van der Waals surface area contributed by atoms with Gasteiger partial charge in [-0.3, -0.25) is 9.59 Å². The minimum absolute atomic E-state index is 0.0252. The molecule has 1 aliphatic rings. The SMILES string of the molecule is Cc1ccccc1N1C[C@@H](C(=O)Nc2nnc(SC(C)C)s2)CC1=O. The Balaban J connectivity index is 1.65. The van der Waals surface area contributed by atoms with E-state index in [1.165, 1.54) is 11.3 Å². The molecule has 0 unspecified atom stereocenters. The number of aryl methyl sites for hydroxylation is 1. The fraction of sp³-hybridized carbons (Fsp3) is 0.412. The molecule has 2 heterocycles. The maximum Gasteiger partial charge on any atom is 0.231 e. The van der Waals surface area contributed by atoms with Crippen molar-refractivity contribution in [3.8, 4) is 0 Å². The minimum Gasteiger partial charge on any atom is -0.311 e. The second-order valence-corrected chi connectivity index (χ2v) is 9.02. The van der Waals surface area contributed by atoms with Gasteiger partial charge in [0.05, 0.1) is 5.92 Å². The first-order valence-electron chi connectivity index (χ1n) is 8.11. The molecular formula is C17H20N4O2S2. The third-order valence-corrected chi connectivity index (χ3v) is 5.80. The number of nitrogens with zero attached hydrogens (tertiary/aromatic N) is 3. The molecule has 0 aliphatic carbocycles. The van der Waals surface area contributed by atoms with Crippen molar-refractivity contribution < 1.29 is 9.59 Å². The lowest BCUT2D eigenvalue weighted by Gasteiger charge is -2.18. The van der Waals surface area contributed by atoms with E-state index in [0.717, 1.165) is 15.6 Å². The summed E-state index contributed by atoms with van der Waals surface area (Å²) in [7, 11) is 0. The van der Waals surface area contributed by atoms with E-state index < -0.39 is 0 Å². The van der Waals surface area contributed by atoms with Crippen LogP contribution in [0.25, 0.3) is 0 Å². The molecule has 8 heteroatoms. The number of hydrogen-bond donors (Lipinski definition) is 1. The van der Waals surface area contributed by atoms with Gasteiger partial charge in [-0.15, -0.1) is 10.2 Å². The molecule has 6 nitrogen and oxygen atoms in total. The molecule has 25 heavy (non-hydrogen) atoms. The van der Waals surface area contributed by atoms with Gasteiger partial charge in [0.15, 0.2) is 4.34 Å². The summed E-state index contributed by atoms with van der Waals surface area (Å²) in [6.45, 7) is 6.51. The van der Waals surface area contributed by atoms with Crippen LogP contribution in [0.1, 0.15) is 25.8 Å². The minimum atomic E-state index is -0.378. The molecule has 1 N–H and O–H groups in total. The summed E-state index contributed by atoms with van der Waals surface area (Å²) in [5.41, 5.74) is 1.89. The highest BCUT2D eigenvalue weighted by Gasteiger charge is 2.36. The average molecular weight is 377 g/mol. The van der Waals surface area contributed by atoms with Gasteiger partial charge in [-0.25, -0.2) is 0 Å². The Labute approximate surface area is 155 Å². The fourth-order valence-corrected chi connectivity index (χ4v) is 4.68. The zero-order valence-electron chi connectivity index (χ0n) is 14.4. The van der Waals surface area contributed by atoms with Crippen molar-refractivity contribution in [1.82, 2.24) is 10.2 Å². The predicted molar refractivity (Wildman–Crippen MR) is 101 cm³/mol. The maximum atomic E-state index is 12.5. The molecule has 2 amide bonds. The Morgan fingerprint density at radius 3 is 2.84 bits per heavy atom.